The largest absolute Gasteiger partial charge is 0.496 e. The third-order valence-electron chi connectivity index (χ3n) is 6.33. The van der Waals surface area contributed by atoms with Crippen molar-refractivity contribution in [1.82, 2.24) is 4.57 Å². The van der Waals surface area contributed by atoms with Gasteiger partial charge in [0, 0.05) is 18.5 Å². The lowest BCUT2D eigenvalue weighted by atomic mass is 9.86. The minimum atomic E-state index is -1.25. The molecule has 0 unspecified atom stereocenters. The molecule has 4 aromatic rings. The number of fused-ring (bicyclic) bond motifs is 5. The average molecular weight is 474 g/mol. The molecule has 0 fully saturated rings. The van der Waals surface area contributed by atoms with E-state index in [4.69, 9.17) is 32.7 Å². The molecule has 8 heteroatoms. The van der Waals surface area contributed by atoms with Gasteiger partial charge in [0.05, 0.1) is 39.1 Å². The minimum Gasteiger partial charge on any atom is -0.496 e. The van der Waals surface area contributed by atoms with Crippen LogP contribution in [0.5, 0.6) is 11.5 Å². The second-order valence-electron chi connectivity index (χ2n) is 8.68. The summed E-state index contributed by atoms with van der Waals surface area (Å²) in [4.78, 5) is 13.7. The van der Waals surface area contributed by atoms with Gasteiger partial charge in [0.2, 0.25) is 5.43 Å². The van der Waals surface area contributed by atoms with E-state index in [1.54, 1.807) is 45.2 Å². The first-order chi connectivity index (χ1) is 15.0. The normalized spacial score (nSPS) is 19.9. The van der Waals surface area contributed by atoms with E-state index >= 15 is 0 Å². The van der Waals surface area contributed by atoms with E-state index in [-0.39, 0.29) is 5.43 Å². The molecule has 5 rings (SSSR count). The lowest BCUT2D eigenvalue weighted by Gasteiger charge is -2.40. The Hall–Kier alpha value is -2.51. The summed E-state index contributed by atoms with van der Waals surface area (Å²) < 4.78 is 13.4. The summed E-state index contributed by atoms with van der Waals surface area (Å²) >= 11 is 12.4. The summed E-state index contributed by atoms with van der Waals surface area (Å²) in [5, 5.41) is 24.9. The standard InChI is InChI=1S/C24H21Cl2NO5/c1-24(2)23(30)22(29)19-17(32-24)9-16(31-4)18-20(19)27(3)15-8-11-7-14(26)13(25)6-10(11)5-12(15)21(18)28/h5-9,22-23,29-30H,1-4H3/t22-,23-/m1/s1. The van der Waals surface area contributed by atoms with Crippen molar-refractivity contribution in [2.45, 2.75) is 31.7 Å². The fourth-order valence-electron chi connectivity index (χ4n) is 4.61. The van der Waals surface area contributed by atoms with Gasteiger partial charge < -0.3 is 24.3 Å². The predicted octanol–water partition coefficient (Wildman–Crippen LogP) is 4.73. The van der Waals surface area contributed by atoms with Crippen molar-refractivity contribution in [2.75, 3.05) is 7.11 Å². The second kappa shape index (κ2) is 6.99. The topological polar surface area (TPSA) is 80.9 Å². The molecule has 1 aliphatic rings. The quantitative estimate of drug-likeness (QED) is 0.390. The molecule has 0 saturated heterocycles. The number of halogens is 2. The Kier molecular flexibility index (Phi) is 4.66. The zero-order valence-corrected chi connectivity index (χ0v) is 19.4. The highest BCUT2D eigenvalue weighted by molar-refractivity contribution is 6.42. The van der Waals surface area contributed by atoms with Crippen LogP contribution in [0.1, 0.15) is 25.5 Å². The molecular weight excluding hydrogens is 453 g/mol. The lowest BCUT2D eigenvalue weighted by molar-refractivity contribution is -0.111. The number of nitrogens with zero attached hydrogens (tertiary/aromatic N) is 1. The van der Waals surface area contributed by atoms with Gasteiger partial charge in [-0.15, -0.1) is 0 Å². The van der Waals surface area contributed by atoms with Crippen molar-refractivity contribution < 1.29 is 19.7 Å². The van der Waals surface area contributed by atoms with Crippen LogP contribution >= 0.6 is 23.2 Å². The number of ether oxygens (including phenoxy) is 2. The molecule has 2 heterocycles. The zero-order valence-electron chi connectivity index (χ0n) is 17.9. The molecule has 2 N–H and O–H groups in total. The monoisotopic (exact) mass is 473 g/mol. The number of aliphatic hydroxyl groups is 2. The van der Waals surface area contributed by atoms with Crippen molar-refractivity contribution in [3.63, 3.8) is 0 Å². The van der Waals surface area contributed by atoms with Crippen molar-refractivity contribution in [1.29, 1.82) is 0 Å². The van der Waals surface area contributed by atoms with Crippen LogP contribution in [0.4, 0.5) is 0 Å². The molecule has 0 radical (unpaired) electrons. The van der Waals surface area contributed by atoms with Gasteiger partial charge in [0.25, 0.3) is 0 Å². The molecule has 0 aliphatic carbocycles. The van der Waals surface area contributed by atoms with E-state index < -0.39 is 17.8 Å². The molecule has 32 heavy (non-hydrogen) atoms. The Morgan fingerprint density at radius 3 is 2.31 bits per heavy atom. The fourth-order valence-corrected chi connectivity index (χ4v) is 4.96. The van der Waals surface area contributed by atoms with Crippen LogP contribution in [0.3, 0.4) is 0 Å². The molecule has 0 saturated carbocycles. The molecule has 1 aromatic heterocycles. The minimum absolute atomic E-state index is 0.257. The number of rotatable bonds is 1. The van der Waals surface area contributed by atoms with E-state index in [1.165, 1.54) is 7.11 Å². The smallest absolute Gasteiger partial charge is 0.201 e. The number of hydrogen-bond acceptors (Lipinski definition) is 5. The van der Waals surface area contributed by atoms with Crippen molar-refractivity contribution in [2.24, 2.45) is 7.05 Å². The van der Waals surface area contributed by atoms with E-state index in [9.17, 15) is 15.0 Å². The third kappa shape index (κ3) is 2.83. The molecule has 2 atom stereocenters. The fraction of sp³-hybridized carbons (Fsp3) is 0.292. The predicted molar refractivity (Wildman–Crippen MR) is 126 cm³/mol. The van der Waals surface area contributed by atoms with Crippen LogP contribution in [-0.4, -0.2) is 33.6 Å². The maximum Gasteiger partial charge on any atom is 0.201 e. The van der Waals surface area contributed by atoms with Gasteiger partial charge in [-0.25, -0.2) is 0 Å². The van der Waals surface area contributed by atoms with Gasteiger partial charge in [-0.05, 0) is 48.9 Å². The Bertz CT molecular complexity index is 1510. The van der Waals surface area contributed by atoms with Crippen LogP contribution in [0.15, 0.2) is 35.1 Å². The SMILES string of the molecule is COc1cc2c(c3c1c(=O)c1cc4cc(Cl)c(Cl)cc4cc1n3C)[C@@H](O)[C@@H](O)C(C)(C)O2. The number of pyridine rings is 1. The molecular formula is C24H21Cl2NO5. The van der Waals surface area contributed by atoms with Crippen LogP contribution < -0.4 is 14.9 Å². The van der Waals surface area contributed by atoms with Crippen LogP contribution in [0.25, 0.3) is 32.6 Å². The summed E-state index contributed by atoms with van der Waals surface area (Å²) in [6.45, 7) is 3.39. The Balaban J connectivity index is 1.99. The average Bonchev–Trinajstić information content (AvgIpc) is 2.74. The maximum atomic E-state index is 13.7. The number of methoxy groups -OCH3 is 1. The highest BCUT2D eigenvalue weighted by atomic mass is 35.5. The highest BCUT2D eigenvalue weighted by Crippen LogP contribution is 2.46. The van der Waals surface area contributed by atoms with E-state index in [2.05, 4.69) is 0 Å². The Morgan fingerprint density at radius 1 is 1.06 bits per heavy atom. The van der Waals surface area contributed by atoms with Gasteiger partial charge in [-0.1, -0.05) is 23.2 Å². The summed E-state index contributed by atoms with van der Waals surface area (Å²) in [7, 11) is 3.28. The molecule has 0 bridgehead atoms. The summed E-state index contributed by atoms with van der Waals surface area (Å²) in [6, 6.07) is 8.70. The molecule has 1 aliphatic heterocycles. The van der Waals surface area contributed by atoms with Gasteiger partial charge in [-0.2, -0.15) is 0 Å². The first kappa shape index (κ1) is 21.3. The van der Waals surface area contributed by atoms with Crippen LogP contribution in [-0.2, 0) is 7.05 Å². The Morgan fingerprint density at radius 2 is 1.69 bits per heavy atom. The van der Waals surface area contributed by atoms with Gasteiger partial charge in [0.15, 0.2) is 0 Å². The molecule has 3 aromatic carbocycles. The van der Waals surface area contributed by atoms with Gasteiger partial charge >= 0.3 is 0 Å². The first-order valence-electron chi connectivity index (χ1n) is 10.1. The van der Waals surface area contributed by atoms with Crippen molar-refractivity contribution in [3.05, 3.63) is 56.2 Å². The first-order valence-corrected chi connectivity index (χ1v) is 10.8. The van der Waals surface area contributed by atoms with Gasteiger partial charge in [0.1, 0.15) is 29.3 Å². The Labute approximate surface area is 193 Å². The number of benzene rings is 3. The van der Waals surface area contributed by atoms with E-state index in [0.29, 0.717) is 48.9 Å². The summed E-state index contributed by atoms with van der Waals surface area (Å²) in [5.74, 6) is 0.692. The number of hydrogen-bond donors (Lipinski definition) is 2. The highest BCUT2D eigenvalue weighted by Gasteiger charge is 2.44. The van der Waals surface area contributed by atoms with Crippen LogP contribution in [0, 0.1) is 0 Å². The second-order valence-corrected chi connectivity index (χ2v) is 9.49. The van der Waals surface area contributed by atoms with E-state index in [1.807, 2.05) is 10.6 Å². The summed E-state index contributed by atoms with van der Waals surface area (Å²) in [6.07, 6.45) is -2.44. The number of aromatic nitrogens is 1. The lowest BCUT2D eigenvalue weighted by Crippen LogP contribution is -2.49. The summed E-state index contributed by atoms with van der Waals surface area (Å²) in [5.41, 5.74) is 0.150. The van der Waals surface area contributed by atoms with Crippen molar-refractivity contribution >= 4 is 55.8 Å². The van der Waals surface area contributed by atoms with E-state index in [0.717, 1.165) is 10.8 Å². The van der Waals surface area contributed by atoms with Crippen LogP contribution in [0.2, 0.25) is 10.0 Å². The molecule has 0 amide bonds. The zero-order chi connectivity index (χ0) is 23.1. The molecule has 0 spiro atoms. The molecule has 6 nitrogen and oxygen atoms in total. The molecule has 166 valence electrons. The van der Waals surface area contributed by atoms with Gasteiger partial charge in [-0.3, -0.25) is 4.79 Å². The number of aryl methyl sites for hydroxylation is 1. The maximum absolute atomic E-state index is 13.7. The van der Waals surface area contributed by atoms with Crippen molar-refractivity contribution in [3.8, 4) is 11.5 Å². The number of aliphatic hydroxyl groups excluding tert-OH is 2. The third-order valence-corrected chi connectivity index (χ3v) is 7.05.